The molecular formula is C15H21N3O2. The number of rotatable bonds is 8. The second-order valence-electron chi connectivity index (χ2n) is 4.44. The number of hydrogen-bond donors (Lipinski definition) is 1. The molecule has 5 nitrogen and oxygen atoms in total. The maximum atomic E-state index is 5.80. The smallest absolute Gasteiger partial charge is 0.127 e. The van der Waals surface area contributed by atoms with Crippen LogP contribution in [0.2, 0.25) is 0 Å². The standard InChI is InChI=1S/C15H21N3O2/c1-2-9-19-14-5-4-13(12-16)15(11-14)20-10-8-18-7-3-6-17-18/h3-7,11H,2,8-10,12,16H2,1H3. The van der Waals surface area contributed by atoms with Crippen molar-refractivity contribution in [1.82, 2.24) is 9.78 Å². The minimum Gasteiger partial charge on any atom is -0.493 e. The van der Waals surface area contributed by atoms with Gasteiger partial charge in [0.05, 0.1) is 13.2 Å². The van der Waals surface area contributed by atoms with Gasteiger partial charge in [-0.15, -0.1) is 0 Å². The summed E-state index contributed by atoms with van der Waals surface area (Å²) in [5, 5.41) is 4.14. The highest BCUT2D eigenvalue weighted by Crippen LogP contribution is 2.25. The van der Waals surface area contributed by atoms with Crippen molar-refractivity contribution >= 4 is 0 Å². The Kier molecular flexibility index (Phi) is 5.43. The lowest BCUT2D eigenvalue weighted by Gasteiger charge is -2.13. The highest BCUT2D eigenvalue weighted by Gasteiger charge is 2.05. The molecule has 1 aromatic carbocycles. The Morgan fingerprint density at radius 1 is 1.25 bits per heavy atom. The largest absolute Gasteiger partial charge is 0.493 e. The first-order chi connectivity index (χ1) is 9.83. The van der Waals surface area contributed by atoms with Crippen molar-refractivity contribution < 1.29 is 9.47 Å². The zero-order valence-corrected chi connectivity index (χ0v) is 11.8. The summed E-state index contributed by atoms with van der Waals surface area (Å²) < 4.78 is 13.2. The Morgan fingerprint density at radius 3 is 2.85 bits per heavy atom. The number of nitrogens with two attached hydrogens (primary N) is 1. The molecule has 0 saturated carbocycles. The van der Waals surface area contributed by atoms with Crippen LogP contribution in [0.5, 0.6) is 11.5 Å². The van der Waals surface area contributed by atoms with E-state index < -0.39 is 0 Å². The maximum Gasteiger partial charge on any atom is 0.127 e. The molecule has 0 amide bonds. The first-order valence-electron chi connectivity index (χ1n) is 6.89. The van der Waals surface area contributed by atoms with Crippen LogP contribution in [0.15, 0.2) is 36.7 Å². The lowest BCUT2D eigenvalue weighted by Crippen LogP contribution is -2.10. The van der Waals surface area contributed by atoms with Gasteiger partial charge in [0.15, 0.2) is 0 Å². The molecule has 1 aromatic heterocycles. The zero-order chi connectivity index (χ0) is 14.2. The van der Waals surface area contributed by atoms with Crippen molar-refractivity contribution in [2.24, 2.45) is 5.73 Å². The molecule has 0 aliphatic carbocycles. The van der Waals surface area contributed by atoms with Crippen LogP contribution in [0.3, 0.4) is 0 Å². The number of benzene rings is 1. The second-order valence-corrected chi connectivity index (χ2v) is 4.44. The first-order valence-corrected chi connectivity index (χ1v) is 6.89. The molecule has 2 rings (SSSR count). The zero-order valence-electron chi connectivity index (χ0n) is 11.8. The molecule has 2 N–H and O–H groups in total. The first kappa shape index (κ1) is 14.4. The van der Waals surface area contributed by atoms with E-state index in [0.717, 1.165) is 23.5 Å². The molecule has 0 spiro atoms. The van der Waals surface area contributed by atoms with Gasteiger partial charge in [-0.3, -0.25) is 4.68 Å². The highest BCUT2D eigenvalue weighted by molar-refractivity contribution is 5.40. The summed E-state index contributed by atoms with van der Waals surface area (Å²) in [6, 6.07) is 7.68. The van der Waals surface area contributed by atoms with Crippen molar-refractivity contribution in [2.45, 2.75) is 26.4 Å². The average Bonchev–Trinajstić information content (AvgIpc) is 2.98. The van der Waals surface area contributed by atoms with Crippen LogP contribution in [0.4, 0.5) is 0 Å². The topological polar surface area (TPSA) is 62.3 Å². The number of nitrogens with zero attached hydrogens (tertiary/aromatic N) is 2. The lowest BCUT2D eigenvalue weighted by molar-refractivity contribution is 0.282. The minimum absolute atomic E-state index is 0.450. The van der Waals surface area contributed by atoms with Gasteiger partial charge in [-0.05, 0) is 18.6 Å². The predicted molar refractivity (Wildman–Crippen MR) is 77.8 cm³/mol. The van der Waals surface area contributed by atoms with E-state index in [2.05, 4.69) is 12.0 Å². The third kappa shape index (κ3) is 3.99. The van der Waals surface area contributed by atoms with Crippen molar-refractivity contribution in [2.75, 3.05) is 13.2 Å². The minimum atomic E-state index is 0.450. The number of hydrogen-bond acceptors (Lipinski definition) is 4. The van der Waals surface area contributed by atoms with E-state index in [-0.39, 0.29) is 0 Å². The molecule has 2 aromatic rings. The van der Waals surface area contributed by atoms with Crippen LogP contribution in [-0.4, -0.2) is 23.0 Å². The molecule has 0 bridgehead atoms. The molecule has 0 saturated heterocycles. The lowest BCUT2D eigenvalue weighted by atomic mass is 10.2. The van der Waals surface area contributed by atoms with Gasteiger partial charge in [0.1, 0.15) is 18.1 Å². The van der Waals surface area contributed by atoms with E-state index in [9.17, 15) is 0 Å². The van der Waals surface area contributed by atoms with Crippen molar-refractivity contribution in [1.29, 1.82) is 0 Å². The van der Waals surface area contributed by atoms with Gasteiger partial charge in [-0.1, -0.05) is 13.0 Å². The van der Waals surface area contributed by atoms with Gasteiger partial charge in [-0.25, -0.2) is 0 Å². The second kappa shape index (κ2) is 7.55. The summed E-state index contributed by atoms with van der Waals surface area (Å²) in [5.41, 5.74) is 6.71. The van der Waals surface area contributed by atoms with Crippen LogP contribution in [0.1, 0.15) is 18.9 Å². The summed E-state index contributed by atoms with van der Waals surface area (Å²) in [6.45, 7) is 4.48. The van der Waals surface area contributed by atoms with Gasteiger partial charge in [0.25, 0.3) is 0 Å². The van der Waals surface area contributed by atoms with Crippen molar-refractivity contribution in [3.63, 3.8) is 0 Å². The van der Waals surface area contributed by atoms with Gasteiger partial charge < -0.3 is 15.2 Å². The van der Waals surface area contributed by atoms with E-state index in [1.54, 1.807) is 6.20 Å². The van der Waals surface area contributed by atoms with Gasteiger partial charge in [0, 0.05) is 30.6 Å². The normalized spacial score (nSPS) is 10.5. The molecule has 0 radical (unpaired) electrons. The molecular weight excluding hydrogens is 254 g/mol. The van der Waals surface area contributed by atoms with Gasteiger partial charge >= 0.3 is 0 Å². The summed E-state index contributed by atoms with van der Waals surface area (Å²) in [7, 11) is 0. The Morgan fingerprint density at radius 2 is 2.15 bits per heavy atom. The summed E-state index contributed by atoms with van der Waals surface area (Å²) in [6.07, 6.45) is 4.65. The molecule has 5 heteroatoms. The fraction of sp³-hybridized carbons (Fsp3) is 0.400. The molecule has 0 atom stereocenters. The van der Waals surface area contributed by atoms with Crippen LogP contribution >= 0.6 is 0 Å². The van der Waals surface area contributed by atoms with Crippen LogP contribution in [0.25, 0.3) is 0 Å². The van der Waals surface area contributed by atoms with Crippen LogP contribution in [-0.2, 0) is 13.1 Å². The number of aromatic nitrogens is 2. The van der Waals surface area contributed by atoms with Crippen molar-refractivity contribution in [3.8, 4) is 11.5 Å². The number of ether oxygens (including phenoxy) is 2. The average molecular weight is 275 g/mol. The fourth-order valence-corrected chi connectivity index (χ4v) is 1.83. The third-order valence-electron chi connectivity index (χ3n) is 2.87. The summed E-state index contributed by atoms with van der Waals surface area (Å²) >= 11 is 0. The van der Waals surface area contributed by atoms with E-state index in [0.29, 0.717) is 26.3 Å². The van der Waals surface area contributed by atoms with Crippen LogP contribution in [0, 0.1) is 0 Å². The van der Waals surface area contributed by atoms with E-state index in [4.69, 9.17) is 15.2 Å². The molecule has 0 fully saturated rings. The van der Waals surface area contributed by atoms with Crippen LogP contribution < -0.4 is 15.2 Å². The molecule has 0 aliphatic rings. The van der Waals surface area contributed by atoms with Gasteiger partial charge in [0.2, 0.25) is 0 Å². The van der Waals surface area contributed by atoms with Crippen molar-refractivity contribution in [3.05, 3.63) is 42.2 Å². The summed E-state index contributed by atoms with van der Waals surface area (Å²) in [4.78, 5) is 0. The molecule has 0 aliphatic heterocycles. The fourth-order valence-electron chi connectivity index (χ4n) is 1.83. The van der Waals surface area contributed by atoms with E-state index in [1.165, 1.54) is 0 Å². The molecule has 108 valence electrons. The monoisotopic (exact) mass is 275 g/mol. The summed E-state index contributed by atoms with van der Waals surface area (Å²) in [5.74, 6) is 1.60. The maximum absolute atomic E-state index is 5.80. The molecule has 1 heterocycles. The Balaban J connectivity index is 1.96. The Hall–Kier alpha value is -2.01. The Labute approximate surface area is 119 Å². The molecule has 20 heavy (non-hydrogen) atoms. The highest BCUT2D eigenvalue weighted by atomic mass is 16.5. The van der Waals surface area contributed by atoms with Gasteiger partial charge in [-0.2, -0.15) is 5.10 Å². The van der Waals surface area contributed by atoms with E-state index >= 15 is 0 Å². The quantitative estimate of drug-likeness (QED) is 0.802. The SMILES string of the molecule is CCCOc1ccc(CN)c(OCCn2cccn2)c1. The predicted octanol–water partition coefficient (Wildman–Crippen LogP) is 2.21. The Bertz CT molecular complexity index is 512. The van der Waals surface area contributed by atoms with E-state index in [1.807, 2.05) is 35.1 Å². The third-order valence-corrected chi connectivity index (χ3v) is 2.87. The molecule has 0 unspecified atom stereocenters.